The molecule has 0 radical (unpaired) electrons. The van der Waals surface area contributed by atoms with Gasteiger partial charge in [0, 0.05) is 13.1 Å². The van der Waals surface area contributed by atoms with Crippen molar-refractivity contribution < 1.29 is 27.5 Å². The molecular formula is C30H37N3O6S. The lowest BCUT2D eigenvalue weighted by atomic mass is 10.1. The second-order valence-corrected chi connectivity index (χ2v) is 11.0. The topological polar surface area (TPSA) is 105 Å². The van der Waals surface area contributed by atoms with E-state index in [9.17, 15) is 18.0 Å². The Morgan fingerprint density at radius 2 is 1.55 bits per heavy atom. The van der Waals surface area contributed by atoms with Gasteiger partial charge in [0.25, 0.3) is 10.0 Å². The number of methoxy groups -OCH3 is 2. The fourth-order valence-corrected chi connectivity index (χ4v) is 5.61. The number of hydrogen-bond donors (Lipinski definition) is 1. The summed E-state index contributed by atoms with van der Waals surface area (Å²) in [5, 5.41) is 2.84. The molecule has 10 heteroatoms. The fourth-order valence-electron chi connectivity index (χ4n) is 4.19. The summed E-state index contributed by atoms with van der Waals surface area (Å²) in [5.41, 5.74) is 1.20. The molecule has 214 valence electrons. The van der Waals surface area contributed by atoms with Crippen LogP contribution in [0.25, 0.3) is 0 Å². The molecule has 0 spiro atoms. The Labute approximate surface area is 236 Å². The molecule has 1 unspecified atom stereocenters. The van der Waals surface area contributed by atoms with E-state index in [1.807, 2.05) is 37.3 Å². The smallest absolute Gasteiger partial charge is 0.264 e. The van der Waals surface area contributed by atoms with E-state index in [1.165, 1.54) is 31.3 Å². The molecule has 2 amide bonds. The van der Waals surface area contributed by atoms with E-state index in [4.69, 9.17) is 9.47 Å². The largest absolute Gasteiger partial charge is 0.497 e. The molecule has 0 aromatic heterocycles. The molecule has 3 rings (SSSR count). The van der Waals surface area contributed by atoms with Crippen molar-refractivity contribution in [2.45, 2.75) is 37.6 Å². The number of anilines is 1. The zero-order valence-corrected chi connectivity index (χ0v) is 24.2. The second-order valence-electron chi connectivity index (χ2n) is 9.15. The summed E-state index contributed by atoms with van der Waals surface area (Å²) < 4.78 is 39.6. The molecule has 3 aromatic carbocycles. The Kier molecular flexibility index (Phi) is 11.0. The maximum atomic E-state index is 14.0. The lowest BCUT2D eigenvalue weighted by Gasteiger charge is -2.32. The minimum absolute atomic E-state index is 0.0171. The van der Waals surface area contributed by atoms with Crippen LogP contribution in [0.1, 0.15) is 25.8 Å². The first-order valence-corrected chi connectivity index (χ1v) is 14.6. The number of para-hydroxylation sites is 2. The van der Waals surface area contributed by atoms with Gasteiger partial charge in [0.15, 0.2) is 0 Å². The molecule has 40 heavy (non-hydrogen) atoms. The zero-order chi connectivity index (χ0) is 29.1. The number of hydrogen-bond acceptors (Lipinski definition) is 6. The highest BCUT2D eigenvalue weighted by Gasteiger charge is 2.33. The highest BCUT2D eigenvalue weighted by atomic mass is 32.2. The van der Waals surface area contributed by atoms with Gasteiger partial charge in [-0.25, -0.2) is 8.42 Å². The minimum atomic E-state index is -4.22. The zero-order valence-electron chi connectivity index (χ0n) is 23.4. The van der Waals surface area contributed by atoms with Crippen molar-refractivity contribution in [1.82, 2.24) is 10.2 Å². The van der Waals surface area contributed by atoms with Crippen molar-refractivity contribution >= 4 is 27.5 Å². The van der Waals surface area contributed by atoms with E-state index >= 15 is 0 Å². The van der Waals surface area contributed by atoms with Crippen LogP contribution in [-0.2, 0) is 26.0 Å². The summed E-state index contributed by atoms with van der Waals surface area (Å²) in [4.78, 5) is 28.3. The number of benzene rings is 3. The van der Waals surface area contributed by atoms with Crippen LogP contribution in [0.2, 0.25) is 0 Å². The van der Waals surface area contributed by atoms with Crippen LogP contribution in [0, 0.1) is 0 Å². The summed E-state index contributed by atoms with van der Waals surface area (Å²) in [5.74, 6) is -0.0296. The van der Waals surface area contributed by atoms with Crippen LogP contribution in [0.15, 0.2) is 83.8 Å². The Hall–Kier alpha value is -4.05. The third kappa shape index (κ3) is 7.53. The highest BCUT2D eigenvalue weighted by molar-refractivity contribution is 7.92. The first-order valence-electron chi connectivity index (χ1n) is 13.1. The van der Waals surface area contributed by atoms with Crippen molar-refractivity contribution in [2.75, 3.05) is 38.2 Å². The van der Waals surface area contributed by atoms with Gasteiger partial charge in [0.1, 0.15) is 24.1 Å². The molecule has 0 aliphatic heterocycles. The van der Waals surface area contributed by atoms with Gasteiger partial charge in [-0.05, 0) is 61.7 Å². The van der Waals surface area contributed by atoms with Gasteiger partial charge in [-0.3, -0.25) is 13.9 Å². The number of ether oxygens (including phenoxy) is 2. The number of sulfonamides is 1. The van der Waals surface area contributed by atoms with Gasteiger partial charge in [-0.2, -0.15) is 0 Å². The maximum Gasteiger partial charge on any atom is 0.264 e. The van der Waals surface area contributed by atoms with Gasteiger partial charge in [-0.15, -0.1) is 0 Å². The summed E-state index contributed by atoms with van der Waals surface area (Å²) in [6.07, 6.45) is 1.25. The SMILES string of the molecule is CCCNC(=O)C(C)N(CCc1ccccc1)C(=O)CN(c1ccccc1OC)S(=O)(=O)c1ccc(OC)cc1. The predicted molar refractivity (Wildman–Crippen MR) is 155 cm³/mol. The van der Waals surface area contributed by atoms with Gasteiger partial charge in [0.2, 0.25) is 11.8 Å². The van der Waals surface area contributed by atoms with Crippen LogP contribution < -0.4 is 19.1 Å². The Morgan fingerprint density at radius 3 is 2.17 bits per heavy atom. The lowest BCUT2D eigenvalue weighted by molar-refractivity contribution is -0.138. The van der Waals surface area contributed by atoms with Crippen LogP contribution >= 0.6 is 0 Å². The third-order valence-electron chi connectivity index (χ3n) is 6.48. The average molecular weight is 568 g/mol. The summed E-state index contributed by atoms with van der Waals surface area (Å²) in [6, 6.07) is 21.3. The summed E-state index contributed by atoms with van der Waals surface area (Å²) in [7, 11) is -1.29. The van der Waals surface area contributed by atoms with E-state index in [-0.39, 0.29) is 28.8 Å². The van der Waals surface area contributed by atoms with Crippen molar-refractivity contribution in [3.8, 4) is 11.5 Å². The summed E-state index contributed by atoms with van der Waals surface area (Å²) in [6.45, 7) is 3.77. The van der Waals surface area contributed by atoms with Crippen LogP contribution in [0.3, 0.4) is 0 Å². The van der Waals surface area contributed by atoms with Gasteiger partial charge < -0.3 is 19.7 Å². The van der Waals surface area contributed by atoms with Crippen molar-refractivity contribution in [3.05, 3.63) is 84.4 Å². The van der Waals surface area contributed by atoms with Crippen molar-refractivity contribution in [3.63, 3.8) is 0 Å². The maximum absolute atomic E-state index is 14.0. The second kappa shape index (κ2) is 14.4. The molecule has 1 atom stereocenters. The third-order valence-corrected chi connectivity index (χ3v) is 8.25. The first kappa shape index (κ1) is 30.5. The monoisotopic (exact) mass is 567 g/mol. The Balaban J connectivity index is 2.00. The van der Waals surface area contributed by atoms with E-state index in [2.05, 4.69) is 5.32 Å². The quantitative estimate of drug-likeness (QED) is 0.317. The molecule has 3 aromatic rings. The van der Waals surface area contributed by atoms with Crippen molar-refractivity contribution in [2.24, 2.45) is 0 Å². The fraction of sp³-hybridized carbons (Fsp3) is 0.333. The molecule has 0 bridgehead atoms. The van der Waals surface area contributed by atoms with E-state index in [0.29, 0.717) is 18.7 Å². The van der Waals surface area contributed by atoms with Crippen LogP contribution in [-0.4, -0.2) is 65.0 Å². The summed E-state index contributed by atoms with van der Waals surface area (Å²) >= 11 is 0. The number of nitrogens with zero attached hydrogens (tertiary/aromatic N) is 2. The number of carbonyl (C=O) groups excluding carboxylic acids is 2. The number of amides is 2. The van der Waals surface area contributed by atoms with E-state index in [1.54, 1.807) is 43.3 Å². The molecule has 0 heterocycles. The molecule has 0 aliphatic carbocycles. The van der Waals surface area contributed by atoms with Crippen LogP contribution in [0.4, 0.5) is 5.69 Å². The van der Waals surface area contributed by atoms with Crippen molar-refractivity contribution in [1.29, 1.82) is 0 Å². The predicted octanol–water partition coefficient (Wildman–Crippen LogP) is 3.89. The highest BCUT2D eigenvalue weighted by Crippen LogP contribution is 2.33. The standard InChI is InChI=1S/C30H37N3O6S/c1-5-20-31-30(35)23(2)32(21-19-24-11-7-6-8-12-24)29(34)22-33(27-13-9-10-14-28(27)39-4)40(36,37)26-17-15-25(38-3)16-18-26/h6-18,23H,5,19-22H2,1-4H3,(H,31,35). The van der Waals surface area contributed by atoms with E-state index < -0.39 is 28.5 Å². The van der Waals surface area contributed by atoms with Gasteiger partial charge in [-0.1, -0.05) is 49.4 Å². The molecule has 0 saturated carbocycles. The lowest BCUT2D eigenvalue weighted by Crippen LogP contribution is -2.52. The molecular weight excluding hydrogens is 530 g/mol. The first-order chi connectivity index (χ1) is 19.2. The van der Waals surface area contributed by atoms with Gasteiger partial charge in [0.05, 0.1) is 24.8 Å². The molecule has 0 aliphatic rings. The Bertz CT molecular complexity index is 1360. The molecule has 0 fully saturated rings. The number of rotatable bonds is 14. The van der Waals surface area contributed by atoms with Crippen LogP contribution in [0.5, 0.6) is 11.5 Å². The number of nitrogens with one attached hydrogen (secondary N) is 1. The van der Waals surface area contributed by atoms with E-state index in [0.717, 1.165) is 16.3 Å². The minimum Gasteiger partial charge on any atom is -0.497 e. The van der Waals surface area contributed by atoms with Gasteiger partial charge >= 0.3 is 0 Å². The number of carbonyl (C=O) groups is 2. The Morgan fingerprint density at radius 1 is 0.900 bits per heavy atom. The molecule has 0 saturated heterocycles. The molecule has 1 N–H and O–H groups in total. The molecule has 9 nitrogen and oxygen atoms in total. The normalized spacial score (nSPS) is 11.8. The average Bonchev–Trinajstić information content (AvgIpc) is 2.99.